The molecule has 0 saturated heterocycles. The number of benzene rings is 2. The normalized spacial score (nSPS) is 12.5. The van der Waals surface area contributed by atoms with Crippen molar-refractivity contribution in [1.82, 2.24) is 0 Å². The molecule has 1 unspecified atom stereocenters. The van der Waals surface area contributed by atoms with Crippen molar-refractivity contribution in [3.05, 3.63) is 53.6 Å². The van der Waals surface area contributed by atoms with Crippen LogP contribution in [0.3, 0.4) is 0 Å². The Morgan fingerprint density at radius 1 is 1.13 bits per heavy atom. The Balaban J connectivity index is 2.02. The molecule has 0 aromatic heterocycles. The van der Waals surface area contributed by atoms with Crippen LogP contribution < -0.4 is 0 Å². The second kappa shape index (κ2) is 11.5. The van der Waals surface area contributed by atoms with Crippen LogP contribution in [0.1, 0.15) is 43.6 Å². The standard InChI is InChI=1S/C23H27NO5S/c1-5-28-14-15(2)12-18-6-11-22(21(26)13-18)30-20-9-7-19(8-10-20)23(27)16(3)24-29-17(4)25/h6-11,13,15,26H,5,12,14H2,1-4H3/b24-16+. The fourth-order valence-corrected chi connectivity index (χ4v) is 3.57. The highest BCUT2D eigenvalue weighted by atomic mass is 32.2. The molecule has 6 nitrogen and oxygen atoms in total. The Kier molecular flexibility index (Phi) is 9.08. The maximum atomic E-state index is 12.3. The van der Waals surface area contributed by atoms with Gasteiger partial charge in [-0.1, -0.05) is 29.9 Å². The predicted octanol–water partition coefficient (Wildman–Crippen LogP) is 4.88. The number of carbonyl (C=O) groups excluding carboxylic acids is 2. The zero-order chi connectivity index (χ0) is 22.1. The Hall–Kier alpha value is -2.64. The topological polar surface area (TPSA) is 85.2 Å². The number of hydrogen-bond donors (Lipinski definition) is 1. The van der Waals surface area contributed by atoms with Gasteiger partial charge in [-0.15, -0.1) is 0 Å². The molecule has 160 valence electrons. The summed E-state index contributed by atoms with van der Waals surface area (Å²) in [6.45, 7) is 8.21. The first kappa shape index (κ1) is 23.6. The van der Waals surface area contributed by atoms with Crippen LogP contribution >= 0.6 is 11.8 Å². The summed E-state index contributed by atoms with van der Waals surface area (Å²) in [4.78, 5) is 29.2. The van der Waals surface area contributed by atoms with Gasteiger partial charge in [-0.3, -0.25) is 4.79 Å². The summed E-state index contributed by atoms with van der Waals surface area (Å²) in [5.74, 6) is -0.295. The van der Waals surface area contributed by atoms with Crippen LogP contribution in [0.25, 0.3) is 0 Å². The third-order valence-corrected chi connectivity index (χ3v) is 5.27. The number of nitrogens with zero attached hydrogens (tertiary/aromatic N) is 1. The quantitative estimate of drug-likeness (QED) is 0.251. The minimum absolute atomic E-state index is 0.0948. The van der Waals surface area contributed by atoms with E-state index in [1.807, 2.05) is 19.1 Å². The van der Waals surface area contributed by atoms with Crippen molar-refractivity contribution in [1.29, 1.82) is 0 Å². The smallest absolute Gasteiger partial charge is 0.331 e. The van der Waals surface area contributed by atoms with E-state index in [-0.39, 0.29) is 17.2 Å². The van der Waals surface area contributed by atoms with E-state index in [2.05, 4.69) is 16.9 Å². The fraction of sp³-hybridized carbons (Fsp3) is 0.348. The van der Waals surface area contributed by atoms with E-state index in [0.29, 0.717) is 24.7 Å². The summed E-state index contributed by atoms with van der Waals surface area (Å²) < 4.78 is 5.45. The van der Waals surface area contributed by atoms with Gasteiger partial charge in [0.05, 0.1) is 4.90 Å². The molecule has 2 aromatic carbocycles. The van der Waals surface area contributed by atoms with E-state index in [9.17, 15) is 14.7 Å². The molecule has 0 aliphatic heterocycles. The van der Waals surface area contributed by atoms with Gasteiger partial charge in [0.2, 0.25) is 5.78 Å². The molecule has 0 saturated carbocycles. The van der Waals surface area contributed by atoms with Gasteiger partial charge in [0, 0.05) is 30.6 Å². The van der Waals surface area contributed by atoms with Gasteiger partial charge in [0.25, 0.3) is 0 Å². The summed E-state index contributed by atoms with van der Waals surface area (Å²) in [6, 6.07) is 12.7. The Labute approximate surface area is 181 Å². The van der Waals surface area contributed by atoms with E-state index >= 15 is 0 Å². The highest BCUT2D eigenvalue weighted by Crippen LogP contribution is 2.35. The summed E-state index contributed by atoms with van der Waals surface area (Å²) in [5, 5.41) is 13.9. The number of oxime groups is 1. The number of ether oxygens (including phenoxy) is 1. The van der Waals surface area contributed by atoms with Crippen molar-refractivity contribution in [2.24, 2.45) is 11.1 Å². The number of carbonyl (C=O) groups is 2. The molecule has 0 fully saturated rings. The second-order valence-electron chi connectivity index (χ2n) is 6.99. The van der Waals surface area contributed by atoms with Crippen LogP contribution in [0.5, 0.6) is 5.75 Å². The zero-order valence-electron chi connectivity index (χ0n) is 17.7. The van der Waals surface area contributed by atoms with Crippen molar-refractivity contribution in [3.8, 4) is 5.75 Å². The second-order valence-corrected chi connectivity index (χ2v) is 8.10. The van der Waals surface area contributed by atoms with Gasteiger partial charge in [-0.2, -0.15) is 0 Å². The number of phenolic OH excluding ortho intramolecular Hbond substituents is 1. The van der Waals surface area contributed by atoms with Crippen LogP contribution in [0, 0.1) is 5.92 Å². The van der Waals surface area contributed by atoms with Crippen molar-refractivity contribution in [3.63, 3.8) is 0 Å². The van der Waals surface area contributed by atoms with Crippen LogP contribution in [-0.4, -0.2) is 35.8 Å². The molecule has 0 heterocycles. The number of phenols is 1. The molecule has 30 heavy (non-hydrogen) atoms. The number of Topliss-reactive ketones (excluding diaryl/α,β-unsaturated/α-hetero) is 1. The van der Waals surface area contributed by atoms with Crippen LogP contribution in [-0.2, 0) is 20.8 Å². The Morgan fingerprint density at radius 2 is 1.83 bits per heavy atom. The number of hydrogen-bond acceptors (Lipinski definition) is 7. The maximum absolute atomic E-state index is 12.3. The Bertz CT molecular complexity index is 908. The molecule has 0 aliphatic rings. The van der Waals surface area contributed by atoms with E-state index in [4.69, 9.17) is 4.74 Å². The molecule has 0 aliphatic carbocycles. The molecule has 0 amide bonds. The minimum Gasteiger partial charge on any atom is -0.507 e. The average molecular weight is 430 g/mol. The van der Waals surface area contributed by atoms with E-state index in [1.165, 1.54) is 25.6 Å². The molecular weight excluding hydrogens is 402 g/mol. The van der Waals surface area contributed by atoms with Gasteiger partial charge in [0.15, 0.2) is 0 Å². The average Bonchev–Trinajstić information content (AvgIpc) is 2.72. The molecule has 2 aromatic rings. The third kappa shape index (κ3) is 7.31. The van der Waals surface area contributed by atoms with Gasteiger partial charge >= 0.3 is 5.97 Å². The highest BCUT2D eigenvalue weighted by Gasteiger charge is 2.12. The minimum atomic E-state index is -0.580. The first-order valence-corrected chi connectivity index (χ1v) is 10.6. The third-order valence-electron chi connectivity index (χ3n) is 4.20. The highest BCUT2D eigenvalue weighted by molar-refractivity contribution is 7.99. The summed E-state index contributed by atoms with van der Waals surface area (Å²) >= 11 is 1.41. The number of rotatable bonds is 10. The van der Waals surface area contributed by atoms with Gasteiger partial charge in [-0.25, -0.2) is 4.79 Å². The zero-order valence-corrected chi connectivity index (χ0v) is 18.5. The monoisotopic (exact) mass is 429 g/mol. The summed E-state index contributed by atoms with van der Waals surface area (Å²) in [7, 11) is 0. The van der Waals surface area contributed by atoms with Crippen LogP contribution in [0.2, 0.25) is 0 Å². The van der Waals surface area contributed by atoms with Gasteiger partial charge < -0.3 is 14.7 Å². The van der Waals surface area contributed by atoms with Gasteiger partial charge in [0.1, 0.15) is 11.5 Å². The lowest BCUT2D eigenvalue weighted by atomic mass is 10.0. The molecule has 0 bridgehead atoms. The first-order valence-electron chi connectivity index (χ1n) is 9.74. The maximum Gasteiger partial charge on any atom is 0.331 e. The fourth-order valence-electron chi connectivity index (χ4n) is 2.74. The van der Waals surface area contributed by atoms with E-state index < -0.39 is 5.97 Å². The lowest BCUT2D eigenvalue weighted by Gasteiger charge is -2.12. The van der Waals surface area contributed by atoms with Crippen molar-refractivity contribution in [2.45, 2.75) is 43.9 Å². The molecule has 1 atom stereocenters. The SMILES string of the molecule is CCOCC(C)Cc1ccc(Sc2ccc(C(=O)/C(C)=N/OC(C)=O)cc2)c(O)c1. The molecule has 7 heteroatoms. The van der Waals surface area contributed by atoms with Crippen LogP contribution in [0.4, 0.5) is 0 Å². The lowest BCUT2D eigenvalue weighted by molar-refractivity contribution is -0.140. The molecule has 1 N–H and O–H groups in total. The molecule has 2 rings (SSSR count). The largest absolute Gasteiger partial charge is 0.507 e. The molecule has 0 radical (unpaired) electrons. The van der Waals surface area contributed by atoms with E-state index in [1.54, 1.807) is 30.3 Å². The van der Waals surface area contributed by atoms with Gasteiger partial charge in [-0.05, 0) is 68.1 Å². The molecular formula is C23H27NO5S. The predicted molar refractivity (Wildman–Crippen MR) is 117 cm³/mol. The summed E-state index contributed by atoms with van der Waals surface area (Å²) in [6.07, 6.45) is 0.837. The Morgan fingerprint density at radius 3 is 2.43 bits per heavy atom. The number of aromatic hydroxyl groups is 1. The van der Waals surface area contributed by atoms with Crippen molar-refractivity contribution >= 4 is 29.2 Å². The van der Waals surface area contributed by atoms with Crippen molar-refractivity contribution < 1.29 is 24.3 Å². The van der Waals surface area contributed by atoms with Crippen LogP contribution in [0.15, 0.2) is 57.4 Å². The van der Waals surface area contributed by atoms with E-state index in [0.717, 1.165) is 21.8 Å². The summed E-state index contributed by atoms with van der Waals surface area (Å²) in [5.41, 5.74) is 1.60. The molecule has 0 spiro atoms. The van der Waals surface area contributed by atoms with Crippen molar-refractivity contribution in [2.75, 3.05) is 13.2 Å². The lowest BCUT2D eigenvalue weighted by Crippen LogP contribution is -2.11. The first-order chi connectivity index (χ1) is 14.3. The number of ketones is 1.